The number of rotatable bonds is 5. The van der Waals surface area contributed by atoms with E-state index < -0.39 is 0 Å². The second kappa shape index (κ2) is 7.65. The molecule has 2 heterocycles. The first-order valence-electron chi connectivity index (χ1n) is 9.32. The minimum Gasteiger partial charge on any atom is -0.497 e. The van der Waals surface area contributed by atoms with Crippen LogP contribution in [0.5, 0.6) is 5.75 Å². The van der Waals surface area contributed by atoms with Gasteiger partial charge >= 0.3 is 0 Å². The van der Waals surface area contributed by atoms with Crippen molar-refractivity contribution < 1.29 is 9.53 Å². The molecule has 2 aromatic carbocycles. The molecule has 4 nitrogen and oxygen atoms in total. The molecule has 1 aromatic heterocycles. The van der Waals surface area contributed by atoms with Gasteiger partial charge in [0.2, 0.25) is 5.91 Å². The summed E-state index contributed by atoms with van der Waals surface area (Å²) in [6.07, 6.45) is 5.21. The summed E-state index contributed by atoms with van der Waals surface area (Å²) in [5.41, 5.74) is 3.14. The van der Waals surface area contributed by atoms with Crippen LogP contribution in [0, 0.1) is 0 Å². The van der Waals surface area contributed by atoms with Crippen LogP contribution in [0.4, 0.5) is 0 Å². The number of halogens is 1. The molecule has 0 spiro atoms. The molecule has 5 heteroatoms. The fourth-order valence-corrected chi connectivity index (χ4v) is 4.20. The molecule has 0 saturated carbocycles. The zero-order valence-corrected chi connectivity index (χ0v) is 16.1. The fraction of sp³-hybridized carbons (Fsp3) is 0.318. The molecule has 4 rings (SSSR count). The molecular weight excluding hydrogens is 360 g/mol. The van der Waals surface area contributed by atoms with Crippen LogP contribution in [0.2, 0.25) is 5.02 Å². The van der Waals surface area contributed by atoms with Crippen molar-refractivity contribution in [1.29, 1.82) is 0 Å². The average Bonchev–Trinajstić information content (AvgIpc) is 3.30. The van der Waals surface area contributed by atoms with E-state index in [9.17, 15) is 4.79 Å². The van der Waals surface area contributed by atoms with E-state index in [2.05, 4.69) is 11.1 Å². The number of carbonyl (C=O) groups excluding carboxylic acids is 1. The third kappa shape index (κ3) is 3.67. The molecule has 1 saturated heterocycles. The first-order chi connectivity index (χ1) is 13.2. The Morgan fingerprint density at radius 3 is 2.93 bits per heavy atom. The molecule has 0 aliphatic carbocycles. The lowest BCUT2D eigenvalue weighted by Crippen LogP contribution is -2.37. The topological polar surface area (TPSA) is 45.3 Å². The highest BCUT2D eigenvalue weighted by atomic mass is 35.5. The Hall–Kier alpha value is -2.46. The van der Waals surface area contributed by atoms with Crippen LogP contribution in [0.15, 0.2) is 48.7 Å². The number of methoxy groups -OCH3 is 1. The van der Waals surface area contributed by atoms with Crippen molar-refractivity contribution in [2.24, 2.45) is 0 Å². The van der Waals surface area contributed by atoms with E-state index in [0.717, 1.165) is 58.6 Å². The van der Waals surface area contributed by atoms with Gasteiger partial charge in [0, 0.05) is 34.7 Å². The summed E-state index contributed by atoms with van der Waals surface area (Å²) in [7, 11) is 1.65. The van der Waals surface area contributed by atoms with Crippen LogP contribution in [-0.4, -0.2) is 35.5 Å². The van der Waals surface area contributed by atoms with Gasteiger partial charge in [0.1, 0.15) is 5.75 Å². The molecule has 3 aromatic rings. The minimum atomic E-state index is 0.174. The second-order valence-corrected chi connectivity index (χ2v) is 7.49. The standard InChI is InChI=1S/C22H23ClN2O2/c1-27-18-8-9-21-19(13-18)16(14-24-21)12-22(26)25-10-4-6-17(25)11-15-5-2-3-7-20(15)23/h2-3,5,7-9,13-14,17,24H,4,6,10-12H2,1H3. The monoisotopic (exact) mass is 382 g/mol. The molecule has 0 radical (unpaired) electrons. The number of H-pyrrole nitrogens is 1. The Labute approximate surface area is 164 Å². The van der Waals surface area contributed by atoms with Gasteiger partial charge in [0.25, 0.3) is 0 Å². The van der Waals surface area contributed by atoms with Crippen LogP contribution in [0.25, 0.3) is 10.9 Å². The number of likely N-dealkylation sites (tertiary alicyclic amines) is 1. The quantitative estimate of drug-likeness (QED) is 0.700. The van der Waals surface area contributed by atoms with Gasteiger partial charge in [0.05, 0.1) is 13.5 Å². The van der Waals surface area contributed by atoms with Crippen molar-refractivity contribution in [2.45, 2.75) is 31.7 Å². The lowest BCUT2D eigenvalue weighted by molar-refractivity contribution is -0.131. The number of aromatic amines is 1. The third-order valence-electron chi connectivity index (χ3n) is 5.43. The highest BCUT2D eigenvalue weighted by Gasteiger charge is 2.29. The lowest BCUT2D eigenvalue weighted by atomic mass is 10.0. The van der Waals surface area contributed by atoms with Gasteiger partial charge in [-0.05, 0) is 54.7 Å². The van der Waals surface area contributed by atoms with Crippen LogP contribution >= 0.6 is 11.6 Å². The lowest BCUT2D eigenvalue weighted by Gasteiger charge is -2.25. The number of hydrogen-bond donors (Lipinski definition) is 1. The SMILES string of the molecule is COc1ccc2[nH]cc(CC(=O)N3CCCC3Cc3ccccc3Cl)c2c1. The van der Waals surface area contributed by atoms with Crippen LogP contribution < -0.4 is 4.74 Å². The van der Waals surface area contributed by atoms with E-state index >= 15 is 0 Å². The van der Waals surface area contributed by atoms with E-state index in [-0.39, 0.29) is 11.9 Å². The van der Waals surface area contributed by atoms with Crippen molar-refractivity contribution in [3.63, 3.8) is 0 Å². The average molecular weight is 383 g/mol. The molecule has 0 bridgehead atoms. The highest BCUT2D eigenvalue weighted by molar-refractivity contribution is 6.31. The largest absolute Gasteiger partial charge is 0.497 e. The number of amides is 1. The molecule has 27 heavy (non-hydrogen) atoms. The maximum atomic E-state index is 13.0. The summed E-state index contributed by atoms with van der Waals surface area (Å²) in [5, 5.41) is 1.82. The summed E-state index contributed by atoms with van der Waals surface area (Å²) in [6, 6.07) is 14.0. The molecule has 1 amide bonds. The van der Waals surface area contributed by atoms with Gasteiger partial charge in [-0.3, -0.25) is 4.79 Å². The van der Waals surface area contributed by atoms with Crippen molar-refractivity contribution in [1.82, 2.24) is 9.88 Å². The normalized spacial score (nSPS) is 16.8. The second-order valence-electron chi connectivity index (χ2n) is 7.08. The van der Waals surface area contributed by atoms with Gasteiger partial charge in [-0.15, -0.1) is 0 Å². The Morgan fingerprint density at radius 1 is 1.26 bits per heavy atom. The number of aromatic nitrogens is 1. The molecule has 1 fully saturated rings. The minimum absolute atomic E-state index is 0.174. The summed E-state index contributed by atoms with van der Waals surface area (Å²) in [4.78, 5) is 18.3. The Morgan fingerprint density at radius 2 is 2.11 bits per heavy atom. The van der Waals surface area contributed by atoms with E-state index in [1.54, 1.807) is 7.11 Å². The van der Waals surface area contributed by atoms with Gasteiger partial charge in [0.15, 0.2) is 0 Å². The van der Waals surface area contributed by atoms with Gasteiger partial charge < -0.3 is 14.6 Å². The van der Waals surface area contributed by atoms with E-state index in [1.807, 2.05) is 47.5 Å². The van der Waals surface area contributed by atoms with Crippen molar-refractivity contribution in [3.05, 3.63) is 64.8 Å². The van der Waals surface area contributed by atoms with E-state index in [0.29, 0.717) is 6.42 Å². The summed E-state index contributed by atoms with van der Waals surface area (Å²) >= 11 is 6.32. The molecule has 1 unspecified atom stereocenters. The van der Waals surface area contributed by atoms with Crippen molar-refractivity contribution >= 4 is 28.4 Å². The molecule has 1 aliphatic heterocycles. The number of ether oxygens (including phenoxy) is 1. The number of carbonyl (C=O) groups is 1. The Balaban J connectivity index is 1.51. The van der Waals surface area contributed by atoms with Crippen LogP contribution in [-0.2, 0) is 17.6 Å². The smallest absolute Gasteiger partial charge is 0.227 e. The molecule has 1 atom stereocenters. The highest BCUT2D eigenvalue weighted by Crippen LogP contribution is 2.28. The first kappa shape index (κ1) is 17.9. The summed E-state index contributed by atoms with van der Waals surface area (Å²) < 4.78 is 5.32. The number of benzene rings is 2. The number of fused-ring (bicyclic) bond motifs is 1. The van der Waals surface area contributed by atoms with Gasteiger partial charge in [-0.25, -0.2) is 0 Å². The predicted molar refractivity (Wildman–Crippen MR) is 108 cm³/mol. The van der Waals surface area contributed by atoms with E-state index in [4.69, 9.17) is 16.3 Å². The third-order valence-corrected chi connectivity index (χ3v) is 5.80. The predicted octanol–water partition coefficient (Wildman–Crippen LogP) is 4.61. The van der Waals surface area contributed by atoms with Crippen LogP contribution in [0.3, 0.4) is 0 Å². The summed E-state index contributed by atoms with van der Waals surface area (Å²) in [6.45, 7) is 0.819. The van der Waals surface area contributed by atoms with Crippen molar-refractivity contribution in [2.75, 3.05) is 13.7 Å². The molecule has 1 aliphatic rings. The first-order valence-corrected chi connectivity index (χ1v) is 9.70. The number of hydrogen-bond acceptors (Lipinski definition) is 2. The Kier molecular flexibility index (Phi) is 5.08. The van der Waals surface area contributed by atoms with Gasteiger partial charge in [-0.1, -0.05) is 29.8 Å². The molecule has 1 N–H and O–H groups in total. The summed E-state index contributed by atoms with van der Waals surface area (Å²) in [5.74, 6) is 0.974. The number of nitrogens with one attached hydrogen (secondary N) is 1. The molecular formula is C22H23ClN2O2. The fourth-order valence-electron chi connectivity index (χ4n) is 3.99. The van der Waals surface area contributed by atoms with Gasteiger partial charge in [-0.2, -0.15) is 0 Å². The molecule has 140 valence electrons. The Bertz CT molecular complexity index is 966. The zero-order chi connectivity index (χ0) is 18.8. The van der Waals surface area contributed by atoms with Crippen LogP contribution in [0.1, 0.15) is 24.0 Å². The number of nitrogens with zero attached hydrogens (tertiary/aromatic N) is 1. The van der Waals surface area contributed by atoms with E-state index in [1.165, 1.54) is 0 Å². The van der Waals surface area contributed by atoms with Crippen molar-refractivity contribution in [3.8, 4) is 5.75 Å². The zero-order valence-electron chi connectivity index (χ0n) is 15.4. The maximum Gasteiger partial charge on any atom is 0.227 e. The maximum absolute atomic E-state index is 13.0.